The minimum atomic E-state index is -0.0608. The quantitative estimate of drug-likeness (QED) is 0.854. The fourth-order valence-electron chi connectivity index (χ4n) is 2.56. The number of rotatable bonds is 7. The van der Waals surface area contributed by atoms with Crippen LogP contribution in [0.25, 0.3) is 0 Å². The van der Waals surface area contributed by atoms with Crippen molar-refractivity contribution in [3.05, 3.63) is 47.3 Å². The van der Waals surface area contributed by atoms with E-state index in [0.29, 0.717) is 24.7 Å². The molecule has 124 valence electrons. The summed E-state index contributed by atoms with van der Waals surface area (Å²) in [7, 11) is 1.66. The second kappa shape index (κ2) is 7.81. The zero-order chi connectivity index (χ0) is 16.8. The Morgan fingerprint density at radius 3 is 2.65 bits per heavy atom. The van der Waals surface area contributed by atoms with Gasteiger partial charge in [-0.1, -0.05) is 19.1 Å². The second-order valence-corrected chi connectivity index (χ2v) is 5.71. The molecule has 5 nitrogen and oxygen atoms in total. The number of nitrogens with one attached hydrogen (secondary N) is 1. The van der Waals surface area contributed by atoms with Gasteiger partial charge < -0.3 is 10.1 Å². The number of hydrogen-bond acceptors (Lipinski definition) is 3. The van der Waals surface area contributed by atoms with E-state index in [4.69, 9.17) is 4.74 Å². The van der Waals surface area contributed by atoms with Gasteiger partial charge in [-0.3, -0.25) is 9.48 Å². The molecule has 5 heteroatoms. The summed E-state index contributed by atoms with van der Waals surface area (Å²) >= 11 is 0. The Morgan fingerprint density at radius 2 is 2.04 bits per heavy atom. The summed E-state index contributed by atoms with van der Waals surface area (Å²) in [6.45, 7) is 7.37. The molecule has 0 fully saturated rings. The van der Waals surface area contributed by atoms with Gasteiger partial charge in [0, 0.05) is 13.1 Å². The summed E-state index contributed by atoms with van der Waals surface area (Å²) in [6.07, 6.45) is 0.886. The Balaban J connectivity index is 1.87. The average Bonchev–Trinajstić information content (AvgIpc) is 2.95. The summed E-state index contributed by atoms with van der Waals surface area (Å²) in [6, 6.07) is 9.90. The molecule has 1 heterocycles. The van der Waals surface area contributed by atoms with Crippen LogP contribution >= 0.6 is 0 Å². The Bertz CT molecular complexity index is 647. The van der Waals surface area contributed by atoms with Gasteiger partial charge in [0.05, 0.1) is 12.8 Å². The monoisotopic (exact) mass is 315 g/mol. The van der Waals surface area contributed by atoms with Crippen LogP contribution in [0.2, 0.25) is 0 Å². The van der Waals surface area contributed by atoms with Crippen molar-refractivity contribution >= 4 is 5.91 Å². The predicted molar refractivity (Wildman–Crippen MR) is 91.0 cm³/mol. The molecule has 1 aromatic carbocycles. The second-order valence-electron chi connectivity index (χ2n) is 5.71. The van der Waals surface area contributed by atoms with Crippen LogP contribution in [0, 0.1) is 6.92 Å². The molecule has 0 saturated heterocycles. The van der Waals surface area contributed by atoms with Gasteiger partial charge in [-0.2, -0.15) is 5.10 Å². The van der Waals surface area contributed by atoms with Gasteiger partial charge in [-0.15, -0.1) is 0 Å². The minimum Gasteiger partial charge on any atom is -0.497 e. The van der Waals surface area contributed by atoms with E-state index < -0.39 is 0 Å². The highest BCUT2D eigenvalue weighted by Crippen LogP contribution is 2.21. The lowest BCUT2D eigenvalue weighted by Crippen LogP contribution is -2.27. The average molecular weight is 315 g/mol. The molecule has 2 aromatic rings. The van der Waals surface area contributed by atoms with Gasteiger partial charge >= 0.3 is 0 Å². The molecule has 23 heavy (non-hydrogen) atoms. The van der Waals surface area contributed by atoms with E-state index in [0.717, 1.165) is 17.9 Å². The molecule has 2 rings (SSSR count). The number of amides is 1. The van der Waals surface area contributed by atoms with E-state index in [9.17, 15) is 4.79 Å². The standard InChI is InChI=1S/C18H25N3O2/c1-5-21-17(12-14(3)20-21)18(22)19-11-10-13(2)15-6-8-16(23-4)9-7-15/h6-9,12-13H,5,10-11H2,1-4H3,(H,19,22)/t13-/m0/s1. The topological polar surface area (TPSA) is 56.2 Å². The SMILES string of the molecule is CCn1nc(C)cc1C(=O)NCC[C@H](C)c1ccc(OC)cc1. The van der Waals surface area contributed by atoms with Crippen molar-refractivity contribution in [1.82, 2.24) is 15.1 Å². The number of aromatic nitrogens is 2. The molecule has 0 saturated carbocycles. The molecule has 0 aliphatic rings. The Labute approximate surface area is 137 Å². The zero-order valence-corrected chi connectivity index (χ0v) is 14.3. The Kier molecular flexibility index (Phi) is 5.79. The molecule has 1 N–H and O–H groups in total. The predicted octanol–water partition coefficient (Wildman–Crippen LogP) is 3.14. The van der Waals surface area contributed by atoms with Crippen LogP contribution in [0.3, 0.4) is 0 Å². The van der Waals surface area contributed by atoms with Crippen LogP contribution < -0.4 is 10.1 Å². The van der Waals surface area contributed by atoms with Crippen molar-refractivity contribution in [2.45, 2.75) is 39.7 Å². The fraction of sp³-hybridized carbons (Fsp3) is 0.444. The third kappa shape index (κ3) is 4.34. The highest BCUT2D eigenvalue weighted by Gasteiger charge is 2.13. The smallest absolute Gasteiger partial charge is 0.269 e. The minimum absolute atomic E-state index is 0.0608. The van der Waals surface area contributed by atoms with Gasteiger partial charge in [0.15, 0.2) is 0 Å². The van der Waals surface area contributed by atoms with Crippen LogP contribution in [-0.4, -0.2) is 29.3 Å². The van der Waals surface area contributed by atoms with Crippen LogP contribution in [0.15, 0.2) is 30.3 Å². The molecule has 0 unspecified atom stereocenters. The lowest BCUT2D eigenvalue weighted by atomic mass is 9.98. The normalized spacial score (nSPS) is 12.0. The van der Waals surface area contributed by atoms with Crippen LogP contribution in [-0.2, 0) is 6.54 Å². The number of hydrogen-bond donors (Lipinski definition) is 1. The van der Waals surface area contributed by atoms with Crippen molar-refractivity contribution < 1.29 is 9.53 Å². The zero-order valence-electron chi connectivity index (χ0n) is 14.3. The van der Waals surface area contributed by atoms with E-state index >= 15 is 0 Å². The summed E-state index contributed by atoms with van der Waals surface area (Å²) < 4.78 is 6.90. The Morgan fingerprint density at radius 1 is 1.35 bits per heavy atom. The molecular formula is C18H25N3O2. The first kappa shape index (κ1) is 17.1. The number of methoxy groups -OCH3 is 1. The van der Waals surface area contributed by atoms with Gasteiger partial charge in [0.2, 0.25) is 0 Å². The largest absolute Gasteiger partial charge is 0.497 e. The maximum absolute atomic E-state index is 12.3. The lowest BCUT2D eigenvalue weighted by Gasteiger charge is -2.13. The first-order valence-corrected chi connectivity index (χ1v) is 8.01. The number of carbonyl (C=O) groups is 1. The van der Waals surface area contributed by atoms with Crippen molar-refractivity contribution in [3.63, 3.8) is 0 Å². The van der Waals surface area contributed by atoms with Gasteiger partial charge in [-0.05, 0) is 49.9 Å². The summed E-state index contributed by atoms with van der Waals surface area (Å²) in [5.41, 5.74) is 2.74. The maximum Gasteiger partial charge on any atom is 0.269 e. The maximum atomic E-state index is 12.3. The van der Waals surface area contributed by atoms with Gasteiger partial charge in [-0.25, -0.2) is 0 Å². The summed E-state index contributed by atoms with van der Waals surface area (Å²) in [5, 5.41) is 7.29. The third-order valence-electron chi connectivity index (χ3n) is 3.98. The van der Waals surface area contributed by atoms with E-state index in [-0.39, 0.29) is 5.91 Å². The highest BCUT2D eigenvalue weighted by molar-refractivity contribution is 5.92. The van der Waals surface area contributed by atoms with E-state index in [1.807, 2.05) is 32.0 Å². The van der Waals surface area contributed by atoms with Crippen molar-refractivity contribution in [3.8, 4) is 5.75 Å². The summed E-state index contributed by atoms with van der Waals surface area (Å²) in [5.74, 6) is 1.17. The molecule has 1 aromatic heterocycles. The number of ether oxygens (including phenoxy) is 1. The molecular weight excluding hydrogens is 290 g/mol. The first-order valence-electron chi connectivity index (χ1n) is 8.01. The molecule has 0 spiro atoms. The van der Waals surface area contributed by atoms with Crippen LogP contribution in [0.4, 0.5) is 0 Å². The number of benzene rings is 1. The number of nitrogens with zero attached hydrogens (tertiary/aromatic N) is 2. The van der Waals surface area contributed by atoms with Crippen LogP contribution in [0.1, 0.15) is 47.9 Å². The van der Waals surface area contributed by atoms with E-state index in [1.54, 1.807) is 11.8 Å². The third-order valence-corrected chi connectivity index (χ3v) is 3.98. The van der Waals surface area contributed by atoms with Crippen molar-refractivity contribution in [2.24, 2.45) is 0 Å². The highest BCUT2D eigenvalue weighted by atomic mass is 16.5. The van der Waals surface area contributed by atoms with Crippen LogP contribution in [0.5, 0.6) is 5.75 Å². The first-order chi connectivity index (χ1) is 11.0. The molecule has 0 aliphatic heterocycles. The fourth-order valence-corrected chi connectivity index (χ4v) is 2.56. The lowest BCUT2D eigenvalue weighted by molar-refractivity contribution is 0.0942. The van der Waals surface area contributed by atoms with Crippen molar-refractivity contribution in [1.29, 1.82) is 0 Å². The number of carbonyl (C=O) groups excluding carboxylic acids is 1. The molecule has 1 atom stereocenters. The van der Waals surface area contributed by atoms with Crippen molar-refractivity contribution in [2.75, 3.05) is 13.7 Å². The molecule has 1 amide bonds. The molecule has 0 radical (unpaired) electrons. The molecule has 0 bridgehead atoms. The Hall–Kier alpha value is -2.30. The van der Waals surface area contributed by atoms with Gasteiger partial charge in [0.25, 0.3) is 5.91 Å². The molecule has 0 aliphatic carbocycles. The van der Waals surface area contributed by atoms with Gasteiger partial charge in [0.1, 0.15) is 11.4 Å². The van der Waals surface area contributed by atoms with E-state index in [2.05, 4.69) is 29.5 Å². The number of aryl methyl sites for hydroxylation is 2. The summed E-state index contributed by atoms with van der Waals surface area (Å²) in [4.78, 5) is 12.3. The van der Waals surface area contributed by atoms with E-state index in [1.165, 1.54) is 5.56 Å².